The van der Waals surface area contributed by atoms with Crippen molar-refractivity contribution in [3.8, 4) is 5.75 Å². The number of aliphatic hydroxyl groups excluding tert-OH is 1. The van der Waals surface area contributed by atoms with E-state index in [2.05, 4.69) is 5.32 Å². The third-order valence-corrected chi connectivity index (χ3v) is 3.03. The van der Waals surface area contributed by atoms with Crippen LogP contribution in [-0.4, -0.2) is 28.8 Å². The Kier molecular flexibility index (Phi) is 3.33. The molecule has 4 nitrogen and oxygen atoms in total. The molecule has 0 aliphatic heterocycles. The lowest BCUT2D eigenvalue weighted by atomic mass is 10.1. The van der Waals surface area contributed by atoms with Crippen LogP contribution in [-0.2, 0) is 0 Å². The van der Waals surface area contributed by atoms with Gasteiger partial charge in [-0.15, -0.1) is 0 Å². The molecule has 1 saturated carbocycles. The molecule has 0 heterocycles. The summed E-state index contributed by atoms with van der Waals surface area (Å²) in [7, 11) is 0. The average molecular weight is 235 g/mol. The van der Waals surface area contributed by atoms with Gasteiger partial charge in [-0.3, -0.25) is 4.79 Å². The van der Waals surface area contributed by atoms with Gasteiger partial charge in [-0.05, 0) is 37.8 Å². The van der Waals surface area contributed by atoms with Crippen molar-refractivity contribution in [2.45, 2.75) is 25.9 Å². The molecule has 1 unspecified atom stereocenters. The van der Waals surface area contributed by atoms with Crippen molar-refractivity contribution in [1.82, 2.24) is 5.32 Å². The number of benzene rings is 1. The molecular formula is C13H17NO3. The average Bonchev–Trinajstić information content (AvgIpc) is 3.12. The summed E-state index contributed by atoms with van der Waals surface area (Å²) in [6, 6.07) is 4.88. The van der Waals surface area contributed by atoms with Gasteiger partial charge < -0.3 is 15.5 Å². The van der Waals surface area contributed by atoms with E-state index in [1.165, 1.54) is 6.07 Å². The lowest BCUT2D eigenvalue weighted by molar-refractivity contribution is 0.0898. The lowest BCUT2D eigenvalue weighted by Crippen LogP contribution is -2.33. The highest BCUT2D eigenvalue weighted by Crippen LogP contribution is 2.32. The molecule has 3 N–H and O–H groups in total. The summed E-state index contributed by atoms with van der Waals surface area (Å²) in [6.45, 7) is 2.10. The number of phenolic OH excluding ortho intramolecular Hbond substituents is 1. The molecule has 1 fully saturated rings. The van der Waals surface area contributed by atoms with E-state index in [0.717, 1.165) is 18.4 Å². The molecule has 0 saturated heterocycles. The zero-order valence-corrected chi connectivity index (χ0v) is 9.81. The van der Waals surface area contributed by atoms with Crippen molar-refractivity contribution in [2.75, 3.05) is 6.54 Å². The van der Waals surface area contributed by atoms with E-state index in [0.29, 0.717) is 5.92 Å². The zero-order valence-electron chi connectivity index (χ0n) is 9.81. The summed E-state index contributed by atoms with van der Waals surface area (Å²) < 4.78 is 0. The Labute approximate surface area is 100 Å². The van der Waals surface area contributed by atoms with Crippen LogP contribution >= 0.6 is 0 Å². The highest BCUT2D eigenvalue weighted by atomic mass is 16.3. The minimum absolute atomic E-state index is 0.0333. The number of carbonyl (C=O) groups excluding carboxylic acids is 1. The molecule has 0 radical (unpaired) electrons. The van der Waals surface area contributed by atoms with Crippen molar-refractivity contribution in [1.29, 1.82) is 0 Å². The van der Waals surface area contributed by atoms with E-state index in [1.54, 1.807) is 12.1 Å². The number of nitrogens with one attached hydrogen (secondary N) is 1. The number of aromatic hydroxyl groups is 1. The van der Waals surface area contributed by atoms with Gasteiger partial charge in [-0.1, -0.05) is 11.6 Å². The minimum Gasteiger partial charge on any atom is -0.507 e. The molecule has 2 rings (SSSR count). The van der Waals surface area contributed by atoms with Crippen molar-refractivity contribution in [2.24, 2.45) is 5.92 Å². The second kappa shape index (κ2) is 4.75. The van der Waals surface area contributed by atoms with Crippen LogP contribution in [0.3, 0.4) is 0 Å². The fraction of sp³-hybridized carbons (Fsp3) is 0.462. The Bertz CT molecular complexity index is 427. The van der Waals surface area contributed by atoms with Crippen molar-refractivity contribution >= 4 is 5.91 Å². The van der Waals surface area contributed by atoms with Gasteiger partial charge >= 0.3 is 0 Å². The van der Waals surface area contributed by atoms with Crippen molar-refractivity contribution < 1.29 is 15.0 Å². The number of aryl methyl sites for hydroxylation is 1. The van der Waals surface area contributed by atoms with Crippen LogP contribution in [0.5, 0.6) is 5.75 Å². The third-order valence-electron chi connectivity index (χ3n) is 3.03. The molecule has 0 aromatic heterocycles. The molecule has 92 valence electrons. The summed E-state index contributed by atoms with van der Waals surface area (Å²) in [5.41, 5.74) is 1.17. The van der Waals surface area contributed by atoms with Gasteiger partial charge in [0.15, 0.2) is 0 Å². The van der Waals surface area contributed by atoms with Crippen molar-refractivity contribution in [3.63, 3.8) is 0 Å². The van der Waals surface area contributed by atoms with Gasteiger partial charge in [0, 0.05) is 6.54 Å². The number of hydrogen-bond donors (Lipinski definition) is 3. The number of amides is 1. The van der Waals surface area contributed by atoms with Gasteiger partial charge in [0.2, 0.25) is 0 Å². The Morgan fingerprint density at radius 1 is 1.53 bits per heavy atom. The first-order chi connectivity index (χ1) is 8.08. The second-order valence-electron chi connectivity index (χ2n) is 4.64. The molecule has 1 aromatic carbocycles. The highest BCUT2D eigenvalue weighted by Gasteiger charge is 2.29. The molecule has 0 bridgehead atoms. The molecule has 1 aliphatic carbocycles. The van der Waals surface area contributed by atoms with Crippen LogP contribution < -0.4 is 5.32 Å². The summed E-state index contributed by atoms with van der Waals surface area (Å²) >= 11 is 0. The van der Waals surface area contributed by atoms with Gasteiger partial charge in [0.1, 0.15) is 5.75 Å². The largest absolute Gasteiger partial charge is 0.507 e. The fourth-order valence-corrected chi connectivity index (χ4v) is 1.77. The standard InChI is InChI=1S/C13H17NO3/c1-8-2-5-11(15)10(6-8)13(17)14-7-12(16)9-3-4-9/h2,5-6,9,12,15-16H,3-4,7H2,1H3,(H,14,17). The van der Waals surface area contributed by atoms with E-state index in [-0.39, 0.29) is 23.8 Å². The Balaban J connectivity index is 1.96. The number of carbonyl (C=O) groups is 1. The van der Waals surface area contributed by atoms with Gasteiger partial charge in [0.25, 0.3) is 5.91 Å². The van der Waals surface area contributed by atoms with Gasteiger partial charge in [-0.25, -0.2) is 0 Å². The minimum atomic E-state index is -0.467. The van der Waals surface area contributed by atoms with Crippen LogP contribution in [0.2, 0.25) is 0 Å². The monoisotopic (exact) mass is 235 g/mol. The first-order valence-corrected chi connectivity index (χ1v) is 5.84. The van der Waals surface area contributed by atoms with Gasteiger partial charge in [0.05, 0.1) is 11.7 Å². The molecule has 17 heavy (non-hydrogen) atoms. The van der Waals surface area contributed by atoms with Gasteiger partial charge in [-0.2, -0.15) is 0 Å². The van der Waals surface area contributed by atoms with Crippen LogP contribution in [0.15, 0.2) is 18.2 Å². The number of rotatable bonds is 4. The predicted molar refractivity (Wildman–Crippen MR) is 63.9 cm³/mol. The molecule has 1 amide bonds. The molecule has 4 heteroatoms. The van der Waals surface area contributed by atoms with E-state index in [1.807, 2.05) is 6.92 Å². The maximum Gasteiger partial charge on any atom is 0.255 e. The Morgan fingerprint density at radius 2 is 2.24 bits per heavy atom. The van der Waals surface area contributed by atoms with Crippen LogP contribution in [0, 0.1) is 12.8 Å². The SMILES string of the molecule is Cc1ccc(O)c(C(=O)NCC(O)C2CC2)c1. The van der Waals surface area contributed by atoms with E-state index < -0.39 is 6.10 Å². The van der Waals surface area contributed by atoms with E-state index in [9.17, 15) is 15.0 Å². The Morgan fingerprint density at radius 3 is 2.88 bits per heavy atom. The number of hydrogen-bond acceptors (Lipinski definition) is 3. The number of aliphatic hydroxyl groups is 1. The number of phenols is 1. The summed E-state index contributed by atoms with van der Waals surface area (Å²) in [6.07, 6.45) is 1.60. The summed E-state index contributed by atoms with van der Waals surface area (Å²) in [5, 5.41) is 21.8. The second-order valence-corrected chi connectivity index (χ2v) is 4.64. The summed E-state index contributed by atoms with van der Waals surface area (Å²) in [5.74, 6) is -0.0404. The topological polar surface area (TPSA) is 69.6 Å². The molecule has 0 spiro atoms. The predicted octanol–water partition coefficient (Wildman–Crippen LogP) is 1.20. The lowest BCUT2D eigenvalue weighted by Gasteiger charge is -2.11. The maximum atomic E-state index is 11.8. The normalized spacial score (nSPS) is 16.6. The smallest absolute Gasteiger partial charge is 0.255 e. The maximum absolute atomic E-state index is 11.8. The fourth-order valence-electron chi connectivity index (χ4n) is 1.77. The summed E-state index contributed by atoms with van der Waals surface area (Å²) in [4.78, 5) is 11.8. The first-order valence-electron chi connectivity index (χ1n) is 5.84. The van der Waals surface area contributed by atoms with Crippen LogP contribution in [0.1, 0.15) is 28.8 Å². The highest BCUT2D eigenvalue weighted by molar-refractivity contribution is 5.96. The Hall–Kier alpha value is -1.55. The van der Waals surface area contributed by atoms with E-state index >= 15 is 0 Å². The molecule has 1 aliphatic rings. The van der Waals surface area contributed by atoms with Crippen LogP contribution in [0.25, 0.3) is 0 Å². The zero-order chi connectivity index (χ0) is 12.4. The van der Waals surface area contributed by atoms with Crippen LogP contribution in [0.4, 0.5) is 0 Å². The quantitative estimate of drug-likeness (QED) is 0.734. The molecular weight excluding hydrogens is 218 g/mol. The molecule has 1 atom stereocenters. The van der Waals surface area contributed by atoms with Crippen molar-refractivity contribution in [3.05, 3.63) is 29.3 Å². The third kappa shape index (κ3) is 2.97. The first kappa shape index (κ1) is 11.9. The van der Waals surface area contributed by atoms with E-state index in [4.69, 9.17) is 0 Å². The molecule has 1 aromatic rings.